The number of fused-ring (bicyclic) bond motifs is 1. The van der Waals surface area contributed by atoms with Crippen molar-refractivity contribution in [3.63, 3.8) is 0 Å². The summed E-state index contributed by atoms with van der Waals surface area (Å²) in [5.41, 5.74) is 2.34. The van der Waals surface area contributed by atoms with Crippen LogP contribution in [0.5, 0.6) is 0 Å². The summed E-state index contributed by atoms with van der Waals surface area (Å²) in [6.07, 6.45) is 5.72. The molecule has 4 rings (SSSR count). The summed E-state index contributed by atoms with van der Waals surface area (Å²) in [5.74, 6) is 0.595. The Balaban J connectivity index is 1.45. The second-order valence-electron chi connectivity index (χ2n) is 7.24. The van der Waals surface area contributed by atoms with Crippen molar-refractivity contribution in [2.24, 2.45) is 11.3 Å². The maximum atomic E-state index is 11.7. The number of carboxylic acids is 1. The summed E-state index contributed by atoms with van der Waals surface area (Å²) in [7, 11) is 0. The molecule has 1 aliphatic heterocycles. The maximum Gasteiger partial charge on any atom is 0.311 e. The first-order chi connectivity index (χ1) is 10.2. The fourth-order valence-corrected chi connectivity index (χ4v) is 4.43. The smallest absolute Gasteiger partial charge is 0.311 e. The number of likely N-dealkylation sites (tertiary alicyclic amines) is 1. The van der Waals surface area contributed by atoms with Crippen LogP contribution >= 0.6 is 0 Å². The summed E-state index contributed by atoms with van der Waals surface area (Å²) in [4.78, 5) is 14.1. The Hall–Kier alpha value is -1.35. The van der Waals surface area contributed by atoms with Gasteiger partial charge in [-0.3, -0.25) is 9.69 Å². The van der Waals surface area contributed by atoms with E-state index in [1.165, 1.54) is 24.0 Å². The molecule has 0 amide bonds. The Morgan fingerprint density at radius 3 is 2.62 bits per heavy atom. The number of rotatable bonds is 4. The predicted molar refractivity (Wildman–Crippen MR) is 81.1 cm³/mol. The van der Waals surface area contributed by atoms with Gasteiger partial charge in [0, 0.05) is 19.6 Å². The molecule has 0 radical (unpaired) electrons. The van der Waals surface area contributed by atoms with Gasteiger partial charge in [-0.2, -0.15) is 0 Å². The van der Waals surface area contributed by atoms with Gasteiger partial charge < -0.3 is 5.11 Å². The topological polar surface area (TPSA) is 40.5 Å². The molecule has 0 aromatic heterocycles. The lowest BCUT2D eigenvalue weighted by molar-refractivity contribution is -0.149. The van der Waals surface area contributed by atoms with E-state index in [1.807, 2.05) is 0 Å². The van der Waals surface area contributed by atoms with Crippen LogP contribution in [0.3, 0.4) is 0 Å². The van der Waals surface area contributed by atoms with Crippen LogP contribution < -0.4 is 0 Å². The van der Waals surface area contributed by atoms with E-state index < -0.39 is 11.4 Å². The average Bonchev–Trinajstić information content (AvgIpc) is 3.13. The zero-order valence-electron chi connectivity index (χ0n) is 12.4. The Labute approximate surface area is 126 Å². The normalized spacial score (nSPS) is 32.3. The minimum absolute atomic E-state index is 0.362. The molecule has 1 N–H and O–H groups in total. The molecule has 3 nitrogen and oxygen atoms in total. The molecule has 2 aliphatic carbocycles. The minimum atomic E-state index is -0.573. The molecule has 3 aliphatic rings. The van der Waals surface area contributed by atoms with E-state index in [2.05, 4.69) is 29.2 Å². The fourth-order valence-electron chi connectivity index (χ4n) is 4.43. The molecule has 1 aromatic carbocycles. The number of aliphatic carboxylic acids is 1. The predicted octanol–water partition coefficient (Wildman–Crippen LogP) is 3.25. The maximum absolute atomic E-state index is 11.7. The van der Waals surface area contributed by atoms with E-state index in [4.69, 9.17) is 0 Å². The van der Waals surface area contributed by atoms with Gasteiger partial charge >= 0.3 is 5.97 Å². The van der Waals surface area contributed by atoms with Gasteiger partial charge in [-0.25, -0.2) is 0 Å². The van der Waals surface area contributed by atoms with Gasteiger partial charge in [0.1, 0.15) is 0 Å². The number of nitrogens with zero attached hydrogens (tertiary/aromatic N) is 1. The Morgan fingerprint density at radius 2 is 2.00 bits per heavy atom. The average molecular weight is 285 g/mol. The van der Waals surface area contributed by atoms with Gasteiger partial charge in [0.25, 0.3) is 0 Å². The molecule has 1 saturated heterocycles. The van der Waals surface area contributed by atoms with Crippen LogP contribution in [0.15, 0.2) is 24.3 Å². The lowest BCUT2D eigenvalue weighted by atomic mass is 9.81. The van der Waals surface area contributed by atoms with E-state index in [0.717, 1.165) is 44.8 Å². The van der Waals surface area contributed by atoms with Gasteiger partial charge in [-0.1, -0.05) is 30.7 Å². The standard InChI is InChI=1S/C18H23NO2/c20-17(21)18-9-1-2-16(18)11-19(12-18)10-13-3-5-14(6-4-13)15-7-8-15/h3-6,15-16H,1-2,7-12H2,(H,20,21)/t16-,18+/m0/s1. The number of benzene rings is 1. The van der Waals surface area contributed by atoms with Crippen LogP contribution in [0.4, 0.5) is 0 Å². The van der Waals surface area contributed by atoms with Gasteiger partial charge in [-0.15, -0.1) is 0 Å². The van der Waals surface area contributed by atoms with Crippen molar-refractivity contribution in [3.8, 4) is 0 Å². The van der Waals surface area contributed by atoms with E-state index in [0.29, 0.717) is 5.92 Å². The summed E-state index contributed by atoms with van der Waals surface area (Å²) >= 11 is 0. The third-order valence-corrected chi connectivity index (χ3v) is 5.80. The second kappa shape index (κ2) is 4.84. The highest BCUT2D eigenvalue weighted by molar-refractivity contribution is 5.76. The number of hydrogen-bond acceptors (Lipinski definition) is 2. The molecule has 0 unspecified atom stereocenters. The molecule has 1 aromatic rings. The number of carbonyl (C=O) groups is 1. The van der Waals surface area contributed by atoms with Gasteiger partial charge in [0.2, 0.25) is 0 Å². The molecule has 112 valence electrons. The lowest BCUT2D eigenvalue weighted by Gasteiger charge is -2.23. The molecule has 21 heavy (non-hydrogen) atoms. The minimum Gasteiger partial charge on any atom is -0.481 e. The zero-order chi connectivity index (χ0) is 14.4. The van der Waals surface area contributed by atoms with Crippen LogP contribution in [0.1, 0.15) is 49.1 Å². The third kappa shape index (κ3) is 2.28. The molecule has 3 heteroatoms. The third-order valence-electron chi connectivity index (χ3n) is 5.80. The summed E-state index contributed by atoms with van der Waals surface area (Å²) < 4.78 is 0. The van der Waals surface area contributed by atoms with Crippen molar-refractivity contribution in [1.29, 1.82) is 0 Å². The molecule has 0 bridgehead atoms. The molecule has 3 fully saturated rings. The first kappa shape index (κ1) is 13.3. The van der Waals surface area contributed by atoms with Gasteiger partial charge in [-0.05, 0) is 48.6 Å². The van der Waals surface area contributed by atoms with Crippen LogP contribution in [-0.4, -0.2) is 29.1 Å². The zero-order valence-corrected chi connectivity index (χ0v) is 12.4. The fraction of sp³-hybridized carbons (Fsp3) is 0.611. The van der Waals surface area contributed by atoms with Crippen molar-refractivity contribution in [2.45, 2.75) is 44.6 Å². The van der Waals surface area contributed by atoms with Gasteiger partial charge in [0.05, 0.1) is 5.41 Å². The van der Waals surface area contributed by atoms with Crippen LogP contribution in [0, 0.1) is 11.3 Å². The Morgan fingerprint density at radius 1 is 1.24 bits per heavy atom. The lowest BCUT2D eigenvalue weighted by Crippen LogP contribution is -2.35. The highest BCUT2D eigenvalue weighted by Crippen LogP contribution is 2.49. The van der Waals surface area contributed by atoms with Crippen molar-refractivity contribution in [1.82, 2.24) is 4.90 Å². The van der Waals surface area contributed by atoms with Crippen LogP contribution in [0.25, 0.3) is 0 Å². The van der Waals surface area contributed by atoms with E-state index >= 15 is 0 Å². The second-order valence-corrected chi connectivity index (χ2v) is 7.24. The first-order valence-electron chi connectivity index (χ1n) is 8.22. The van der Waals surface area contributed by atoms with Crippen molar-refractivity contribution in [2.75, 3.05) is 13.1 Å². The van der Waals surface area contributed by atoms with Crippen LogP contribution in [0.2, 0.25) is 0 Å². The van der Waals surface area contributed by atoms with Crippen molar-refractivity contribution >= 4 is 5.97 Å². The molecule has 0 spiro atoms. The monoisotopic (exact) mass is 285 g/mol. The molecule has 2 atom stereocenters. The highest BCUT2D eigenvalue weighted by atomic mass is 16.4. The highest BCUT2D eigenvalue weighted by Gasteiger charge is 2.54. The quantitative estimate of drug-likeness (QED) is 0.923. The molecule has 1 heterocycles. The van der Waals surface area contributed by atoms with Crippen molar-refractivity contribution in [3.05, 3.63) is 35.4 Å². The Kier molecular flexibility index (Phi) is 3.07. The molecule has 2 saturated carbocycles. The van der Waals surface area contributed by atoms with E-state index in [-0.39, 0.29) is 0 Å². The van der Waals surface area contributed by atoms with Crippen LogP contribution in [-0.2, 0) is 11.3 Å². The van der Waals surface area contributed by atoms with E-state index in [1.54, 1.807) is 0 Å². The van der Waals surface area contributed by atoms with Gasteiger partial charge in [0.15, 0.2) is 0 Å². The summed E-state index contributed by atoms with van der Waals surface area (Å²) in [6, 6.07) is 8.98. The summed E-state index contributed by atoms with van der Waals surface area (Å²) in [5, 5.41) is 9.64. The molecular weight excluding hydrogens is 262 g/mol. The summed E-state index contributed by atoms with van der Waals surface area (Å²) in [6.45, 7) is 2.59. The van der Waals surface area contributed by atoms with Crippen molar-refractivity contribution < 1.29 is 9.90 Å². The number of hydrogen-bond donors (Lipinski definition) is 1. The Bertz CT molecular complexity index is 549. The SMILES string of the molecule is O=C(O)[C@@]12CCC[C@H]1CN(Cc1ccc(C3CC3)cc1)C2. The van der Waals surface area contributed by atoms with E-state index in [9.17, 15) is 9.90 Å². The number of carboxylic acid groups (broad SMARTS) is 1. The largest absolute Gasteiger partial charge is 0.481 e. The molecular formula is C18H23NO2. The first-order valence-corrected chi connectivity index (χ1v) is 8.22.